The molecule has 2 aromatic heterocycles. The molecule has 0 aliphatic heterocycles. The smallest absolute Gasteiger partial charge is 0.348 e. The van der Waals surface area contributed by atoms with Crippen LogP contribution in [0.5, 0.6) is 0 Å². The van der Waals surface area contributed by atoms with Gasteiger partial charge in [0.05, 0.1) is 42.3 Å². The van der Waals surface area contributed by atoms with E-state index in [0.29, 0.717) is 49.2 Å². The summed E-state index contributed by atoms with van der Waals surface area (Å²) < 4.78 is 0. The Labute approximate surface area is 355 Å². The summed E-state index contributed by atoms with van der Waals surface area (Å²) in [4.78, 5) is 54.2. The number of halogens is 4. The molecule has 8 nitrogen and oxygen atoms in total. The van der Waals surface area contributed by atoms with Gasteiger partial charge in [-0.3, -0.25) is 9.59 Å². The van der Waals surface area contributed by atoms with Crippen LogP contribution in [-0.4, -0.2) is 47.1 Å². The maximum atomic E-state index is 13.3. The summed E-state index contributed by atoms with van der Waals surface area (Å²) in [5.41, 5.74) is 0.792. The molecule has 14 heteroatoms. The minimum absolute atomic E-state index is 0.0634. The molecular formula is C42H40Cl4N2O6S2. The molecule has 0 saturated heterocycles. The van der Waals surface area contributed by atoms with Gasteiger partial charge in [0.25, 0.3) is 11.8 Å². The second-order valence-corrected chi connectivity index (χ2v) is 18.7. The van der Waals surface area contributed by atoms with Crippen LogP contribution in [0.2, 0.25) is 20.1 Å². The first-order chi connectivity index (χ1) is 26.1. The monoisotopic (exact) mass is 872 g/mol. The van der Waals surface area contributed by atoms with E-state index in [1.165, 1.54) is 28.0 Å². The van der Waals surface area contributed by atoms with Crippen LogP contribution in [-0.2, 0) is 0 Å². The van der Waals surface area contributed by atoms with E-state index in [9.17, 15) is 29.4 Å². The van der Waals surface area contributed by atoms with E-state index in [1.54, 1.807) is 37.3 Å². The van der Waals surface area contributed by atoms with Gasteiger partial charge < -0.3 is 20.0 Å². The fraction of sp³-hybridized carbons (Fsp3) is 0.333. The number of rotatable bonds is 9. The lowest BCUT2D eigenvalue weighted by atomic mass is 9.98. The zero-order chi connectivity index (χ0) is 41.7. The minimum atomic E-state index is -1.10. The Bertz CT molecular complexity index is 2290. The molecule has 2 N–H and O–H groups in total. The van der Waals surface area contributed by atoms with Crippen LogP contribution in [0.25, 0.3) is 0 Å². The lowest BCUT2D eigenvalue weighted by Gasteiger charge is -2.23. The van der Waals surface area contributed by atoms with Crippen molar-refractivity contribution >= 4 is 104 Å². The molecule has 1 saturated carbocycles. The van der Waals surface area contributed by atoms with Gasteiger partial charge in [-0.05, 0) is 116 Å². The van der Waals surface area contributed by atoms with Crippen molar-refractivity contribution in [1.82, 2.24) is 0 Å². The van der Waals surface area contributed by atoms with Crippen LogP contribution in [0.1, 0.15) is 111 Å². The normalized spacial score (nSPS) is 12.3. The van der Waals surface area contributed by atoms with Gasteiger partial charge in [0, 0.05) is 34.0 Å². The molecule has 294 valence electrons. The van der Waals surface area contributed by atoms with E-state index in [0.717, 1.165) is 35.5 Å². The lowest BCUT2D eigenvalue weighted by molar-refractivity contribution is 0.0691. The average Bonchev–Trinajstić information content (AvgIpc) is 3.64. The maximum absolute atomic E-state index is 13.3. The number of hydrogen-bond acceptors (Lipinski definition) is 6. The highest BCUT2D eigenvalue weighted by Gasteiger charge is 2.33. The number of carboxylic acids is 2. The van der Waals surface area contributed by atoms with Crippen molar-refractivity contribution in [3.8, 4) is 23.7 Å². The van der Waals surface area contributed by atoms with Crippen molar-refractivity contribution < 1.29 is 29.4 Å². The number of nitrogens with zero attached hydrogens (tertiary/aromatic N) is 2. The standard InChI is InChI=1S/C22H21Cl2NO3S.C20H19Cl2NO3S/c1-22(2,3)9-8-15-11-18(19(29-15)21(27)28)25(12-13-4-5-13)20(26)16-7-6-14(23)10-17(16)24;1-5-23(18(24)14-7-6-12(21)10-15(14)22)16-11-13(8-9-20(2,3)4)27-17(16)19(25)26/h6-7,10-11,13H,4-5,12H2,1-3H3,(H,27,28);6-7,10-11H,5H2,1-4H3,(H,25,26). The van der Waals surface area contributed by atoms with Crippen molar-refractivity contribution in [3.05, 3.63) is 99.3 Å². The van der Waals surface area contributed by atoms with Crippen LogP contribution in [0.15, 0.2) is 48.5 Å². The predicted octanol–water partition coefficient (Wildman–Crippen LogP) is 12.0. The molecular weight excluding hydrogens is 834 g/mol. The van der Waals surface area contributed by atoms with Crippen LogP contribution in [0.3, 0.4) is 0 Å². The van der Waals surface area contributed by atoms with Crippen LogP contribution >= 0.6 is 69.1 Å². The summed E-state index contributed by atoms with van der Waals surface area (Å²) in [7, 11) is 0. The van der Waals surface area contributed by atoms with Crippen molar-refractivity contribution in [1.29, 1.82) is 0 Å². The second kappa shape index (κ2) is 18.5. The molecule has 56 heavy (non-hydrogen) atoms. The Morgan fingerprint density at radius 3 is 1.41 bits per heavy atom. The quantitative estimate of drug-likeness (QED) is 0.162. The number of aromatic carboxylic acids is 2. The third-order valence-corrected chi connectivity index (χ3v) is 10.9. The van der Waals surface area contributed by atoms with E-state index >= 15 is 0 Å². The van der Waals surface area contributed by atoms with Gasteiger partial charge in [-0.2, -0.15) is 0 Å². The van der Waals surface area contributed by atoms with E-state index in [2.05, 4.69) is 23.7 Å². The van der Waals surface area contributed by atoms with Gasteiger partial charge in [-0.25, -0.2) is 9.59 Å². The van der Waals surface area contributed by atoms with E-state index in [1.807, 2.05) is 41.5 Å². The maximum Gasteiger partial charge on any atom is 0.348 e. The second-order valence-electron chi connectivity index (χ2n) is 14.9. The zero-order valence-corrected chi connectivity index (χ0v) is 36.4. The molecule has 1 fully saturated rings. The lowest BCUT2D eigenvalue weighted by Crippen LogP contribution is -2.33. The van der Waals surface area contributed by atoms with Crippen molar-refractivity contribution in [2.75, 3.05) is 22.9 Å². The Morgan fingerprint density at radius 1 is 0.679 bits per heavy atom. The molecule has 1 aliphatic carbocycles. The SMILES string of the molecule is CC(C)(C)C#Cc1cc(N(CC2CC2)C(=O)c2ccc(Cl)cc2Cl)c(C(=O)O)s1.CCN(C(=O)c1ccc(Cl)cc1Cl)c1cc(C#CC(C)(C)C)sc1C(=O)O. The highest BCUT2D eigenvalue weighted by Crippen LogP contribution is 2.38. The summed E-state index contributed by atoms with van der Waals surface area (Å²) in [5.74, 6) is 9.68. The molecule has 0 unspecified atom stereocenters. The first-order valence-corrected chi connectivity index (χ1v) is 20.6. The van der Waals surface area contributed by atoms with Crippen molar-refractivity contribution in [3.63, 3.8) is 0 Å². The zero-order valence-electron chi connectivity index (χ0n) is 31.8. The molecule has 1 aliphatic rings. The van der Waals surface area contributed by atoms with Gasteiger partial charge in [0.2, 0.25) is 0 Å². The van der Waals surface area contributed by atoms with Crippen molar-refractivity contribution in [2.24, 2.45) is 16.7 Å². The summed E-state index contributed by atoms with van der Waals surface area (Å²) in [6, 6.07) is 12.6. The molecule has 5 rings (SSSR count). The molecule has 0 bridgehead atoms. The molecule has 0 spiro atoms. The number of carbonyl (C=O) groups excluding carboxylic acids is 2. The van der Waals surface area contributed by atoms with Gasteiger partial charge >= 0.3 is 11.9 Å². The Balaban J connectivity index is 0.000000249. The van der Waals surface area contributed by atoms with Gasteiger partial charge in [-0.15, -0.1) is 22.7 Å². The molecule has 4 aromatic rings. The van der Waals surface area contributed by atoms with Crippen molar-refractivity contribution in [2.45, 2.75) is 61.3 Å². The van der Waals surface area contributed by atoms with Crippen LogP contribution in [0.4, 0.5) is 11.4 Å². The largest absolute Gasteiger partial charge is 0.477 e. The van der Waals surface area contributed by atoms with Gasteiger partial charge in [0.15, 0.2) is 0 Å². The molecule has 2 heterocycles. The number of hydrogen-bond donors (Lipinski definition) is 2. The summed E-state index contributed by atoms with van der Waals surface area (Å²) in [6.07, 6.45) is 2.03. The first-order valence-electron chi connectivity index (χ1n) is 17.4. The van der Waals surface area contributed by atoms with Gasteiger partial charge in [-0.1, -0.05) is 70.1 Å². The van der Waals surface area contributed by atoms with E-state index in [-0.39, 0.29) is 48.6 Å². The number of anilines is 2. The van der Waals surface area contributed by atoms with Crippen LogP contribution in [0, 0.1) is 40.4 Å². The van der Waals surface area contributed by atoms with Gasteiger partial charge in [0.1, 0.15) is 9.75 Å². The highest BCUT2D eigenvalue weighted by atomic mass is 35.5. The first kappa shape index (κ1) is 44.7. The molecule has 0 radical (unpaired) electrons. The minimum Gasteiger partial charge on any atom is -0.477 e. The number of benzene rings is 2. The van der Waals surface area contributed by atoms with E-state index < -0.39 is 17.8 Å². The Kier molecular flexibility index (Phi) is 14.8. The topological polar surface area (TPSA) is 115 Å². The number of thiophene rings is 2. The highest BCUT2D eigenvalue weighted by molar-refractivity contribution is 7.15. The fourth-order valence-electron chi connectivity index (χ4n) is 4.98. The Hall–Kier alpha value is -4.00. The summed E-state index contributed by atoms with van der Waals surface area (Å²) in [6.45, 7) is 14.4. The number of carboxylic acid groups (broad SMARTS) is 2. The summed E-state index contributed by atoms with van der Waals surface area (Å²) >= 11 is 26.4. The molecule has 2 aromatic carbocycles. The Morgan fingerprint density at radius 2 is 1.07 bits per heavy atom. The number of amides is 2. The fourth-order valence-corrected chi connectivity index (χ4v) is 7.67. The third-order valence-electron chi connectivity index (χ3n) is 7.78. The summed E-state index contributed by atoms with van der Waals surface area (Å²) in [5, 5.41) is 20.6. The number of carbonyl (C=O) groups is 4. The molecule has 2 amide bonds. The predicted molar refractivity (Wildman–Crippen MR) is 230 cm³/mol. The van der Waals surface area contributed by atoms with Crippen LogP contribution < -0.4 is 9.80 Å². The van der Waals surface area contributed by atoms with E-state index in [4.69, 9.17) is 46.4 Å². The average molecular weight is 875 g/mol. The molecule has 0 atom stereocenters. The third kappa shape index (κ3) is 12.2.